The number of amides is 1. The molecule has 1 amide bonds. The molecule has 0 aliphatic rings. The van der Waals surface area contributed by atoms with Gasteiger partial charge in [-0.3, -0.25) is 4.79 Å². The molecule has 0 spiro atoms. The third kappa shape index (κ3) is 3.38. The van der Waals surface area contributed by atoms with E-state index in [-0.39, 0.29) is 10.5 Å². The maximum atomic E-state index is 12.1. The zero-order chi connectivity index (χ0) is 15.2. The van der Waals surface area contributed by atoms with Gasteiger partial charge in [0.05, 0.1) is 12.8 Å². The van der Waals surface area contributed by atoms with Crippen molar-refractivity contribution in [1.82, 2.24) is 4.98 Å². The predicted molar refractivity (Wildman–Crippen MR) is 78.7 cm³/mol. The van der Waals surface area contributed by atoms with E-state index in [2.05, 4.69) is 15.0 Å². The lowest BCUT2D eigenvalue weighted by Crippen LogP contribution is -2.15. The number of aromatic nitrogens is 1. The van der Waals surface area contributed by atoms with Crippen LogP contribution >= 0.6 is 11.3 Å². The van der Waals surface area contributed by atoms with Crippen LogP contribution in [0.5, 0.6) is 0 Å². The Morgan fingerprint density at radius 2 is 2.29 bits per heavy atom. The number of aromatic amines is 1. The molecule has 2 rings (SSSR count). The van der Waals surface area contributed by atoms with Crippen molar-refractivity contribution in [1.29, 1.82) is 5.26 Å². The van der Waals surface area contributed by atoms with Gasteiger partial charge in [0.1, 0.15) is 16.5 Å². The highest BCUT2D eigenvalue weighted by atomic mass is 32.1. The quantitative estimate of drug-likeness (QED) is 0.515. The Balaban J connectivity index is 2.20. The van der Waals surface area contributed by atoms with Crippen molar-refractivity contribution in [2.45, 2.75) is 0 Å². The number of hydrogen-bond donors (Lipinski definition) is 2. The van der Waals surface area contributed by atoms with E-state index in [4.69, 9.17) is 5.26 Å². The Morgan fingerprint density at radius 3 is 2.90 bits per heavy atom. The van der Waals surface area contributed by atoms with E-state index < -0.39 is 11.9 Å². The summed E-state index contributed by atoms with van der Waals surface area (Å²) in [5, 5.41) is 13.3. The number of esters is 1. The van der Waals surface area contributed by atoms with Gasteiger partial charge in [-0.05, 0) is 29.7 Å². The first-order chi connectivity index (χ1) is 10.2. The molecular formula is C14H11N3O3S. The first kappa shape index (κ1) is 14.6. The van der Waals surface area contributed by atoms with Crippen LogP contribution in [0, 0.1) is 11.3 Å². The van der Waals surface area contributed by atoms with E-state index in [0.717, 1.165) is 11.3 Å². The molecule has 0 aliphatic heterocycles. The minimum absolute atomic E-state index is 0.0699. The summed E-state index contributed by atoms with van der Waals surface area (Å²) in [6.45, 7) is 0. The highest BCUT2D eigenvalue weighted by Gasteiger charge is 2.17. The van der Waals surface area contributed by atoms with Crippen LogP contribution in [0.2, 0.25) is 0 Å². The number of nitriles is 1. The number of thiophene rings is 1. The fourth-order valence-corrected chi connectivity index (χ4v) is 2.35. The summed E-state index contributed by atoms with van der Waals surface area (Å²) in [7, 11) is 1.26. The lowest BCUT2D eigenvalue weighted by Gasteiger charge is -2.04. The summed E-state index contributed by atoms with van der Waals surface area (Å²) >= 11 is 1.15. The summed E-state index contributed by atoms with van der Waals surface area (Å²) in [6.07, 6.45) is 3.12. The molecule has 0 atom stereocenters. The maximum Gasteiger partial charge on any atom is 0.350 e. The van der Waals surface area contributed by atoms with Gasteiger partial charge in [-0.1, -0.05) is 0 Å². The number of H-pyrrole nitrogens is 1. The summed E-state index contributed by atoms with van der Waals surface area (Å²) in [4.78, 5) is 26.7. The van der Waals surface area contributed by atoms with Crippen molar-refractivity contribution >= 4 is 35.0 Å². The van der Waals surface area contributed by atoms with Crippen LogP contribution in [-0.4, -0.2) is 24.0 Å². The van der Waals surface area contributed by atoms with Crippen LogP contribution in [0.3, 0.4) is 0 Å². The summed E-state index contributed by atoms with van der Waals surface area (Å²) in [6, 6.07) is 6.90. The molecule has 21 heavy (non-hydrogen) atoms. The normalized spacial score (nSPS) is 10.8. The number of rotatable bonds is 4. The minimum Gasteiger partial charge on any atom is -0.465 e. The highest BCUT2D eigenvalue weighted by molar-refractivity contribution is 7.12. The number of nitrogens with zero attached hydrogens (tertiary/aromatic N) is 1. The molecule has 0 saturated heterocycles. The third-order valence-corrected chi connectivity index (χ3v) is 3.47. The fourth-order valence-electron chi connectivity index (χ4n) is 1.59. The van der Waals surface area contributed by atoms with E-state index in [1.807, 2.05) is 6.07 Å². The number of carbonyl (C=O) groups excluding carboxylic acids is 2. The van der Waals surface area contributed by atoms with Crippen molar-refractivity contribution in [3.05, 3.63) is 45.9 Å². The molecule has 0 bridgehead atoms. The van der Waals surface area contributed by atoms with E-state index in [9.17, 15) is 9.59 Å². The average Bonchev–Trinajstić information content (AvgIpc) is 3.15. The summed E-state index contributed by atoms with van der Waals surface area (Å²) < 4.78 is 4.62. The smallest absolute Gasteiger partial charge is 0.350 e. The predicted octanol–water partition coefficient (Wildman–Crippen LogP) is 2.41. The minimum atomic E-state index is -0.587. The van der Waals surface area contributed by atoms with Crippen molar-refractivity contribution in [3.63, 3.8) is 0 Å². The number of ether oxygens (including phenoxy) is 1. The Morgan fingerprint density at radius 1 is 1.48 bits per heavy atom. The Kier molecular flexibility index (Phi) is 4.53. The van der Waals surface area contributed by atoms with Gasteiger partial charge in [0.2, 0.25) is 0 Å². The number of nitrogens with one attached hydrogen (secondary N) is 2. The zero-order valence-corrected chi connectivity index (χ0v) is 11.9. The maximum absolute atomic E-state index is 12.1. The lowest BCUT2D eigenvalue weighted by atomic mass is 10.2. The van der Waals surface area contributed by atoms with Crippen molar-refractivity contribution < 1.29 is 14.3 Å². The van der Waals surface area contributed by atoms with Crippen LogP contribution in [0.4, 0.5) is 5.69 Å². The van der Waals surface area contributed by atoms with Gasteiger partial charge in [-0.2, -0.15) is 5.26 Å². The van der Waals surface area contributed by atoms with Crippen LogP contribution in [0.15, 0.2) is 35.3 Å². The molecule has 0 aromatic carbocycles. The monoisotopic (exact) mass is 301 g/mol. The topological polar surface area (TPSA) is 95.0 Å². The van der Waals surface area contributed by atoms with Gasteiger partial charge in [0, 0.05) is 11.9 Å². The molecular weight excluding hydrogens is 290 g/mol. The van der Waals surface area contributed by atoms with Gasteiger partial charge in [0.25, 0.3) is 5.91 Å². The average molecular weight is 301 g/mol. The zero-order valence-electron chi connectivity index (χ0n) is 11.0. The molecule has 0 radical (unpaired) electrons. The Hall–Kier alpha value is -2.85. The summed E-state index contributed by atoms with van der Waals surface area (Å²) in [5.74, 6) is -1.12. The van der Waals surface area contributed by atoms with Gasteiger partial charge in [-0.25, -0.2) is 4.79 Å². The van der Waals surface area contributed by atoms with Crippen molar-refractivity contribution in [2.24, 2.45) is 0 Å². The van der Waals surface area contributed by atoms with Crippen LogP contribution in [-0.2, 0) is 9.53 Å². The lowest BCUT2D eigenvalue weighted by molar-refractivity contribution is -0.112. The molecule has 0 fully saturated rings. The van der Waals surface area contributed by atoms with E-state index in [0.29, 0.717) is 11.4 Å². The van der Waals surface area contributed by atoms with Crippen molar-refractivity contribution in [2.75, 3.05) is 12.4 Å². The standard InChI is InChI=1S/C14H11N3O3S/c1-20-14(19)12-11(4-6-21-12)17-13(18)9(8-15)7-10-3-2-5-16-10/h2-7,16H,1H3,(H,17,18)/b9-7+. The largest absolute Gasteiger partial charge is 0.465 e. The first-order valence-electron chi connectivity index (χ1n) is 5.88. The van der Waals surface area contributed by atoms with Gasteiger partial charge in [-0.15, -0.1) is 11.3 Å². The SMILES string of the molecule is COC(=O)c1sccc1NC(=O)/C(C#N)=C/c1ccc[nH]1. The van der Waals surface area contributed by atoms with Gasteiger partial charge >= 0.3 is 5.97 Å². The number of methoxy groups -OCH3 is 1. The van der Waals surface area contributed by atoms with Gasteiger partial charge in [0.15, 0.2) is 0 Å². The second-order valence-corrected chi connectivity index (χ2v) is 4.82. The summed E-state index contributed by atoms with van der Waals surface area (Å²) in [5.41, 5.74) is 0.893. The molecule has 0 saturated carbocycles. The highest BCUT2D eigenvalue weighted by Crippen LogP contribution is 2.23. The second-order valence-electron chi connectivity index (χ2n) is 3.90. The molecule has 6 nitrogen and oxygen atoms in total. The van der Waals surface area contributed by atoms with Gasteiger partial charge < -0.3 is 15.0 Å². The molecule has 7 heteroatoms. The third-order valence-electron chi connectivity index (χ3n) is 2.57. The molecule has 2 aromatic rings. The van der Waals surface area contributed by atoms with Crippen LogP contribution < -0.4 is 5.32 Å². The molecule has 2 N–H and O–H groups in total. The Bertz CT molecular complexity index is 723. The molecule has 2 heterocycles. The Labute approximate surface area is 124 Å². The first-order valence-corrected chi connectivity index (χ1v) is 6.76. The second kappa shape index (κ2) is 6.54. The van der Waals surface area contributed by atoms with E-state index in [1.54, 1.807) is 29.8 Å². The number of anilines is 1. The fraction of sp³-hybridized carbons (Fsp3) is 0.0714. The molecule has 2 aromatic heterocycles. The van der Waals surface area contributed by atoms with Crippen molar-refractivity contribution in [3.8, 4) is 6.07 Å². The van der Waals surface area contributed by atoms with Crippen LogP contribution in [0.25, 0.3) is 6.08 Å². The molecule has 0 unspecified atom stereocenters. The number of hydrogen-bond acceptors (Lipinski definition) is 5. The van der Waals surface area contributed by atoms with Crippen LogP contribution in [0.1, 0.15) is 15.4 Å². The molecule has 106 valence electrons. The molecule has 0 aliphatic carbocycles. The van der Waals surface area contributed by atoms with E-state index >= 15 is 0 Å². The number of carbonyl (C=O) groups is 2. The van der Waals surface area contributed by atoms with E-state index in [1.165, 1.54) is 13.2 Å².